The van der Waals surface area contributed by atoms with Gasteiger partial charge in [-0.05, 0) is 55.5 Å². The lowest BCUT2D eigenvalue weighted by atomic mass is 9.84. The lowest BCUT2D eigenvalue weighted by Crippen LogP contribution is -2.38. The van der Waals surface area contributed by atoms with Crippen LogP contribution >= 0.6 is 0 Å². The zero-order valence-corrected chi connectivity index (χ0v) is 11.5. The van der Waals surface area contributed by atoms with Gasteiger partial charge < -0.3 is 10.1 Å². The number of rotatable bonds is 3. The highest BCUT2D eigenvalue weighted by Crippen LogP contribution is 2.29. The zero-order chi connectivity index (χ0) is 13.1. The van der Waals surface area contributed by atoms with Gasteiger partial charge in [0.05, 0.1) is 7.11 Å². The maximum Gasteiger partial charge on any atom is 0.118 e. The van der Waals surface area contributed by atoms with Gasteiger partial charge in [-0.1, -0.05) is 29.9 Å². The smallest absolute Gasteiger partial charge is 0.118 e. The summed E-state index contributed by atoms with van der Waals surface area (Å²) in [5, 5.41) is 3.67. The van der Waals surface area contributed by atoms with Crippen molar-refractivity contribution in [3.63, 3.8) is 0 Å². The van der Waals surface area contributed by atoms with Gasteiger partial charge in [0.15, 0.2) is 0 Å². The third-order valence-corrected chi connectivity index (χ3v) is 4.16. The van der Waals surface area contributed by atoms with Gasteiger partial charge in [0.25, 0.3) is 0 Å². The predicted molar refractivity (Wildman–Crippen MR) is 78.5 cm³/mol. The molecule has 1 N–H and O–H groups in total. The molecule has 1 heterocycles. The van der Waals surface area contributed by atoms with E-state index in [1.807, 2.05) is 12.1 Å². The van der Waals surface area contributed by atoms with E-state index in [0.29, 0.717) is 6.04 Å². The van der Waals surface area contributed by atoms with Crippen molar-refractivity contribution in [2.45, 2.75) is 31.7 Å². The summed E-state index contributed by atoms with van der Waals surface area (Å²) in [5.41, 5.74) is 4.67. The molecule has 1 aliphatic carbocycles. The first-order valence-electron chi connectivity index (χ1n) is 7.09. The van der Waals surface area contributed by atoms with Crippen molar-refractivity contribution in [3.05, 3.63) is 53.1 Å². The molecule has 0 radical (unpaired) electrons. The summed E-state index contributed by atoms with van der Waals surface area (Å²) in [4.78, 5) is 0. The molecular weight excluding hydrogens is 234 g/mol. The summed E-state index contributed by atoms with van der Waals surface area (Å²) in [6.07, 6.45) is 9.22. The molecule has 0 fully saturated rings. The number of ether oxygens (including phenoxy) is 1. The van der Waals surface area contributed by atoms with Gasteiger partial charge in [-0.15, -0.1) is 0 Å². The van der Waals surface area contributed by atoms with Crippen molar-refractivity contribution in [2.75, 3.05) is 13.7 Å². The second-order valence-corrected chi connectivity index (χ2v) is 5.32. The van der Waals surface area contributed by atoms with Crippen molar-refractivity contribution in [3.8, 4) is 5.75 Å². The molecule has 3 rings (SSSR count). The fourth-order valence-corrected chi connectivity index (χ4v) is 3.08. The number of hydrogen-bond donors (Lipinski definition) is 1. The molecule has 2 heteroatoms. The van der Waals surface area contributed by atoms with Crippen molar-refractivity contribution in [1.82, 2.24) is 5.32 Å². The highest BCUT2D eigenvalue weighted by molar-refractivity contribution is 5.34. The average molecular weight is 255 g/mol. The summed E-state index contributed by atoms with van der Waals surface area (Å²) in [7, 11) is 1.71. The number of hydrogen-bond acceptors (Lipinski definition) is 2. The van der Waals surface area contributed by atoms with Crippen LogP contribution in [0.3, 0.4) is 0 Å². The molecule has 1 atom stereocenters. The van der Waals surface area contributed by atoms with E-state index >= 15 is 0 Å². The normalized spacial score (nSPS) is 22.3. The second kappa shape index (κ2) is 5.62. The minimum absolute atomic E-state index is 0.516. The first-order chi connectivity index (χ1) is 9.36. The Kier molecular flexibility index (Phi) is 3.69. The molecule has 2 aliphatic rings. The van der Waals surface area contributed by atoms with Crippen molar-refractivity contribution in [2.24, 2.45) is 0 Å². The van der Waals surface area contributed by atoms with Crippen LogP contribution in [0.2, 0.25) is 0 Å². The fraction of sp³-hybridized carbons (Fsp3) is 0.412. The van der Waals surface area contributed by atoms with Gasteiger partial charge in [-0.3, -0.25) is 0 Å². The van der Waals surface area contributed by atoms with Crippen LogP contribution in [0.1, 0.15) is 24.8 Å². The van der Waals surface area contributed by atoms with E-state index in [-0.39, 0.29) is 0 Å². The minimum atomic E-state index is 0.516. The Morgan fingerprint density at radius 1 is 1.16 bits per heavy atom. The molecule has 0 unspecified atom stereocenters. The van der Waals surface area contributed by atoms with E-state index in [9.17, 15) is 0 Å². The first-order valence-corrected chi connectivity index (χ1v) is 7.09. The molecule has 100 valence electrons. The zero-order valence-electron chi connectivity index (χ0n) is 11.5. The molecule has 1 aliphatic heterocycles. The molecule has 0 aromatic heterocycles. The van der Waals surface area contributed by atoms with Crippen LogP contribution in [0, 0.1) is 0 Å². The molecule has 0 amide bonds. The van der Waals surface area contributed by atoms with Crippen molar-refractivity contribution >= 4 is 0 Å². The van der Waals surface area contributed by atoms with E-state index < -0.39 is 0 Å². The topological polar surface area (TPSA) is 21.3 Å². The summed E-state index contributed by atoms with van der Waals surface area (Å²) in [6.45, 7) is 1.12. The highest BCUT2D eigenvalue weighted by atomic mass is 16.5. The lowest BCUT2D eigenvalue weighted by molar-refractivity contribution is 0.414. The van der Waals surface area contributed by atoms with Crippen LogP contribution < -0.4 is 10.1 Å². The highest BCUT2D eigenvalue weighted by Gasteiger charge is 2.22. The third kappa shape index (κ3) is 2.74. The Bertz CT molecular complexity index is 498. The lowest BCUT2D eigenvalue weighted by Gasteiger charge is -2.31. The molecule has 0 saturated carbocycles. The van der Waals surface area contributed by atoms with E-state index in [1.54, 1.807) is 18.3 Å². The maximum absolute atomic E-state index is 5.21. The largest absolute Gasteiger partial charge is 0.497 e. The fourth-order valence-electron chi connectivity index (χ4n) is 3.08. The third-order valence-electron chi connectivity index (χ3n) is 4.16. The van der Waals surface area contributed by atoms with Crippen LogP contribution in [-0.4, -0.2) is 19.7 Å². The average Bonchev–Trinajstić information content (AvgIpc) is 2.48. The van der Waals surface area contributed by atoms with Crippen LogP contribution in [0.25, 0.3) is 0 Å². The summed E-state index contributed by atoms with van der Waals surface area (Å²) < 4.78 is 5.21. The van der Waals surface area contributed by atoms with Crippen LogP contribution in [-0.2, 0) is 6.42 Å². The quantitative estimate of drug-likeness (QED) is 0.837. The van der Waals surface area contributed by atoms with Crippen LogP contribution in [0.15, 0.2) is 47.6 Å². The molecule has 2 nitrogen and oxygen atoms in total. The Hall–Kier alpha value is -1.54. The molecule has 0 bridgehead atoms. The Morgan fingerprint density at radius 3 is 2.74 bits per heavy atom. The molecule has 19 heavy (non-hydrogen) atoms. The van der Waals surface area contributed by atoms with Crippen LogP contribution in [0.5, 0.6) is 5.75 Å². The second-order valence-electron chi connectivity index (χ2n) is 5.32. The van der Waals surface area contributed by atoms with E-state index in [2.05, 4.69) is 29.6 Å². The van der Waals surface area contributed by atoms with Gasteiger partial charge in [0, 0.05) is 6.04 Å². The monoisotopic (exact) mass is 255 g/mol. The molecule has 1 aromatic rings. The van der Waals surface area contributed by atoms with E-state index in [1.165, 1.54) is 12.0 Å². The van der Waals surface area contributed by atoms with Gasteiger partial charge in [0.2, 0.25) is 0 Å². The van der Waals surface area contributed by atoms with Gasteiger partial charge in [-0.2, -0.15) is 0 Å². The van der Waals surface area contributed by atoms with Crippen molar-refractivity contribution < 1.29 is 4.74 Å². The summed E-state index contributed by atoms with van der Waals surface area (Å²) in [6, 6.07) is 8.96. The maximum atomic E-state index is 5.21. The number of benzene rings is 1. The summed E-state index contributed by atoms with van der Waals surface area (Å²) >= 11 is 0. The predicted octanol–water partition coefficient (Wildman–Crippen LogP) is 3.25. The van der Waals surface area contributed by atoms with Gasteiger partial charge in [0.1, 0.15) is 5.75 Å². The first kappa shape index (κ1) is 12.5. The molecule has 0 saturated heterocycles. The van der Waals surface area contributed by atoms with Crippen molar-refractivity contribution in [1.29, 1.82) is 0 Å². The standard InChI is InChI=1S/C17H21NO/c1-19-15-8-6-13(7-9-15)12-17-16-5-3-2-4-14(16)10-11-18-17/h2-3,6-9,17-18H,4-5,10-12H2,1H3/t17-/m1/s1. The minimum Gasteiger partial charge on any atom is -0.497 e. The number of allylic oxidation sites excluding steroid dienone is 2. The summed E-state index contributed by atoms with van der Waals surface area (Å²) in [5.74, 6) is 0.931. The molecule has 1 aromatic carbocycles. The van der Waals surface area contributed by atoms with Crippen LogP contribution in [0.4, 0.5) is 0 Å². The Morgan fingerprint density at radius 2 is 1.95 bits per heavy atom. The SMILES string of the molecule is COc1ccc(C[C@H]2NCCC3=C2CC=CC3)cc1. The molecular formula is C17H21NO. The Balaban J connectivity index is 1.74. The van der Waals surface area contributed by atoms with E-state index in [4.69, 9.17) is 4.74 Å². The molecule has 0 spiro atoms. The Labute approximate surface area is 115 Å². The van der Waals surface area contributed by atoms with Gasteiger partial charge in [-0.25, -0.2) is 0 Å². The number of methoxy groups -OCH3 is 1. The van der Waals surface area contributed by atoms with Gasteiger partial charge >= 0.3 is 0 Å². The number of nitrogens with one attached hydrogen (secondary N) is 1. The van der Waals surface area contributed by atoms with E-state index in [0.717, 1.165) is 31.6 Å².